The summed E-state index contributed by atoms with van der Waals surface area (Å²) in [5, 5.41) is 4.98. The number of hydrogen-bond donors (Lipinski definition) is 0. The van der Waals surface area contributed by atoms with Gasteiger partial charge in [-0.2, -0.15) is 4.52 Å². The predicted octanol–water partition coefficient (Wildman–Crippen LogP) is 3.73. The van der Waals surface area contributed by atoms with Crippen LogP contribution in [0.2, 0.25) is 0 Å². The monoisotopic (exact) mass is 398 g/mol. The second-order valence-electron chi connectivity index (χ2n) is 6.86. The van der Waals surface area contributed by atoms with E-state index in [1.807, 2.05) is 18.2 Å². The molecule has 7 heteroatoms. The summed E-state index contributed by atoms with van der Waals surface area (Å²) >= 11 is 0. The molecule has 0 aliphatic heterocycles. The topological polar surface area (TPSA) is 69.3 Å². The number of para-hydroxylation sites is 1. The highest BCUT2D eigenvalue weighted by Crippen LogP contribution is 2.21. The van der Waals surface area contributed by atoms with Crippen molar-refractivity contribution in [2.24, 2.45) is 0 Å². The fourth-order valence-corrected chi connectivity index (χ4v) is 3.50. The Labute approximate surface area is 169 Å². The van der Waals surface area contributed by atoms with Crippen molar-refractivity contribution in [3.8, 4) is 11.4 Å². The van der Waals surface area contributed by atoms with Gasteiger partial charge in [0.05, 0.1) is 12.1 Å². The molecule has 0 unspecified atom stereocenters. The van der Waals surface area contributed by atoms with Gasteiger partial charge >= 0.3 is 5.69 Å². The van der Waals surface area contributed by atoms with E-state index in [-0.39, 0.29) is 18.2 Å². The molecule has 5 rings (SSSR count). The Bertz CT molecular complexity index is 1470. The van der Waals surface area contributed by atoms with Crippen LogP contribution in [0.4, 0.5) is 4.39 Å². The molecule has 0 bridgehead atoms. The van der Waals surface area contributed by atoms with Crippen LogP contribution >= 0.6 is 0 Å². The third kappa shape index (κ3) is 2.97. The number of rotatable bonds is 4. The Morgan fingerprint density at radius 3 is 2.50 bits per heavy atom. The van der Waals surface area contributed by atoms with E-state index in [4.69, 9.17) is 0 Å². The van der Waals surface area contributed by atoms with Crippen molar-refractivity contribution >= 4 is 22.3 Å². The summed E-state index contributed by atoms with van der Waals surface area (Å²) in [7, 11) is 0. The number of carbonyl (C=O) groups is 1. The molecule has 0 spiro atoms. The zero-order valence-electron chi connectivity index (χ0n) is 15.7. The van der Waals surface area contributed by atoms with E-state index in [2.05, 4.69) is 10.1 Å². The molecule has 6 nitrogen and oxygen atoms in total. The summed E-state index contributed by atoms with van der Waals surface area (Å²) < 4.78 is 16.2. The van der Waals surface area contributed by atoms with Crippen LogP contribution in [-0.4, -0.2) is 24.9 Å². The number of nitrogens with zero attached hydrogens (tertiary/aromatic N) is 4. The molecule has 3 aromatic carbocycles. The normalized spacial score (nSPS) is 11.2. The van der Waals surface area contributed by atoms with Crippen LogP contribution in [0.25, 0.3) is 27.9 Å². The molecule has 0 fully saturated rings. The van der Waals surface area contributed by atoms with Gasteiger partial charge in [0, 0.05) is 16.5 Å². The molecule has 0 saturated carbocycles. The van der Waals surface area contributed by atoms with Gasteiger partial charge in [0.25, 0.3) is 0 Å². The molecule has 0 radical (unpaired) electrons. The summed E-state index contributed by atoms with van der Waals surface area (Å²) in [6.07, 6.45) is 0. The van der Waals surface area contributed by atoms with Crippen molar-refractivity contribution in [3.63, 3.8) is 0 Å². The lowest BCUT2D eigenvalue weighted by molar-refractivity contribution is 0.0971. The van der Waals surface area contributed by atoms with E-state index in [0.29, 0.717) is 27.7 Å². The molecular formula is C23H15FN4O2. The maximum absolute atomic E-state index is 13.6. The summed E-state index contributed by atoms with van der Waals surface area (Å²) in [5.74, 6) is -0.362. The van der Waals surface area contributed by atoms with Crippen LogP contribution in [0.5, 0.6) is 0 Å². The minimum atomic E-state index is -0.483. The van der Waals surface area contributed by atoms with Crippen LogP contribution < -0.4 is 5.69 Å². The number of hydrogen-bond acceptors (Lipinski definition) is 4. The number of benzene rings is 3. The third-order valence-corrected chi connectivity index (χ3v) is 4.94. The molecule has 5 aromatic rings. The zero-order valence-corrected chi connectivity index (χ0v) is 15.7. The van der Waals surface area contributed by atoms with Crippen LogP contribution in [0.1, 0.15) is 10.4 Å². The summed E-state index contributed by atoms with van der Waals surface area (Å²) in [6.45, 7) is -0.130. The lowest BCUT2D eigenvalue weighted by Crippen LogP contribution is -2.30. The fraction of sp³-hybridized carbons (Fsp3) is 0.0435. The van der Waals surface area contributed by atoms with Crippen LogP contribution in [0, 0.1) is 5.82 Å². The Morgan fingerprint density at radius 2 is 1.70 bits per heavy atom. The van der Waals surface area contributed by atoms with E-state index in [0.717, 1.165) is 0 Å². The van der Waals surface area contributed by atoms with Crippen LogP contribution in [-0.2, 0) is 6.54 Å². The average molecular weight is 398 g/mol. The van der Waals surface area contributed by atoms with Crippen molar-refractivity contribution in [3.05, 3.63) is 101 Å². The van der Waals surface area contributed by atoms with E-state index >= 15 is 0 Å². The van der Waals surface area contributed by atoms with Gasteiger partial charge in [-0.25, -0.2) is 14.2 Å². The smallest absolute Gasteiger partial charge is 0.292 e. The van der Waals surface area contributed by atoms with Gasteiger partial charge in [0.1, 0.15) is 5.82 Å². The number of aromatic nitrogens is 4. The molecule has 0 atom stereocenters. The molecule has 2 heterocycles. The molecule has 0 saturated heterocycles. The standard InChI is InChI=1S/C23H15FN4O2/c24-17-10-6-9-16(13-17)21-25-22-18-11-4-5-12-19(18)27(23(30)28(22)26-21)14-20(29)15-7-2-1-3-8-15/h1-13H,14H2. The van der Waals surface area contributed by atoms with Gasteiger partial charge in [0.15, 0.2) is 17.3 Å². The van der Waals surface area contributed by atoms with Crippen LogP contribution in [0.3, 0.4) is 0 Å². The van der Waals surface area contributed by atoms with Gasteiger partial charge in [-0.1, -0.05) is 54.6 Å². The van der Waals surface area contributed by atoms with Crippen LogP contribution in [0.15, 0.2) is 83.7 Å². The van der Waals surface area contributed by atoms with Crippen molar-refractivity contribution in [1.29, 1.82) is 0 Å². The first-order chi connectivity index (χ1) is 14.6. The summed E-state index contributed by atoms with van der Waals surface area (Å²) in [6, 6.07) is 21.9. The largest absolute Gasteiger partial charge is 0.351 e. The third-order valence-electron chi connectivity index (χ3n) is 4.94. The molecule has 0 aliphatic rings. The number of fused-ring (bicyclic) bond motifs is 3. The number of Topliss-reactive ketones (excluding diaryl/α,β-unsaturated/α-hetero) is 1. The maximum atomic E-state index is 13.6. The number of halogens is 1. The van der Waals surface area contributed by atoms with E-state index < -0.39 is 11.5 Å². The molecule has 2 aromatic heterocycles. The first-order valence-electron chi connectivity index (χ1n) is 9.34. The van der Waals surface area contributed by atoms with Crippen molar-refractivity contribution in [2.45, 2.75) is 6.54 Å². The van der Waals surface area contributed by atoms with Crippen molar-refractivity contribution in [1.82, 2.24) is 19.2 Å². The van der Waals surface area contributed by atoms with Gasteiger partial charge in [-0.05, 0) is 24.3 Å². The highest BCUT2D eigenvalue weighted by atomic mass is 19.1. The molecule has 0 aliphatic carbocycles. The summed E-state index contributed by atoms with van der Waals surface area (Å²) in [5.41, 5.74) is 1.44. The number of ketones is 1. The second kappa shape index (κ2) is 7.04. The highest BCUT2D eigenvalue weighted by molar-refractivity contribution is 5.98. The Balaban J connectivity index is 1.72. The minimum Gasteiger partial charge on any atom is -0.292 e. The lowest BCUT2D eigenvalue weighted by Gasteiger charge is -2.10. The first-order valence-corrected chi connectivity index (χ1v) is 9.34. The number of carbonyl (C=O) groups excluding carboxylic acids is 1. The van der Waals surface area contributed by atoms with Crippen molar-refractivity contribution < 1.29 is 9.18 Å². The van der Waals surface area contributed by atoms with E-state index in [1.54, 1.807) is 48.5 Å². The Morgan fingerprint density at radius 1 is 0.933 bits per heavy atom. The molecular weight excluding hydrogens is 383 g/mol. The average Bonchev–Trinajstić information content (AvgIpc) is 3.23. The Kier molecular flexibility index (Phi) is 4.21. The Hall–Kier alpha value is -4.13. The zero-order chi connectivity index (χ0) is 20.7. The first kappa shape index (κ1) is 17.9. The highest BCUT2D eigenvalue weighted by Gasteiger charge is 2.18. The van der Waals surface area contributed by atoms with Gasteiger partial charge in [-0.3, -0.25) is 9.36 Å². The van der Waals surface area contributed by atoms with E-state index in [9.17, 15) is 14.0 Å². The van der Waals surface area contributed by atoms with Gasteiger partial charge < -0.3 is 0 Å². The second-order valence-corrected chi connectivity index (χ2v) is 6.86. The predicted molar refractivity (Wildman–Crippen MR) is 111 cm³/mol. The molecule has 0 N–H and O–H groups in total. The minimum absolute atomic E-state index is 0.130. The van der Waals surface area contributed by atoms with E-state index in [1.165, 1.54) is 21.2 Å². The summed E-state index contributed by atoms with van der Waals surface area (Å²) in [4.78, 5) is 30.5. The van der Waals surface area contributed by atoms with Gasteiger partial charge in [0.2, 0.25) is 0 Å². The van der Waals surface area contributed by atoms with Crippen molar-refractivity contribution in [2.75, 3.05) is 0 Å². The lowest BCUT2D eigenvalue weighted by atomic mass is 10.1. The molecule has 30 heavy (non-hydrogen) atoms. The fourth-order valence-electron chi connectivity index (χ4n) is 3.50. The maximum Gasteiger partial charge on any atom is 0.351 e. The quantitative estimate of drug-likeness (QED) is 0.433. The molecule has 146 valence electrons. The molecule has 0 amide bonds. The SMILES string of the molecule is O=C(Cn1c(=O)n2nc(-c3cccc(F)c3)nc2c2ccccc21)c1ccccc1. The van der Waals surface area contributed by atoms with Gasteiger partial charge in [-0.15, -0.1) is 5.10 Å².